The van der Waals surface area contributed by atoms with Crippen LogP contribution < -0.4 is 0 Å². The molecule has 8 nitrogen and oxygen atoms in total. The first-order valence-corrected chi connectivity index (χ1v) is 6.95. The SMILES string of the molecule is CCOC(=O)[C@@]12C=NN3CN=N[C@]31C(c1ccccc1)=NO2. The Bertz CT molecular complexity index is 716. The van der Waals surface area contributed by atoms with Crippen LogP contribution in [0.1, 0.15) is 12.5 Å². The fraction of sp³-hybridized carbons (Fsp3) is 0.357. The zero-order valence-electron chi connectivity index (χ0n) is 11.8. The lowest BCUT2D eigenvalue weighted by atomic mass is 9.83. The number of nitrogens with zero attached hydrogens (tertiary/aromatic N) is 5. The molecule has 0 saturated heterocycles. The van der Waals surface area contributed by atoms with Gasteiger partial charge >= 0.3 is 11.6 Å². The molecule has 0 unspecified atom stereocenters. The molecule has 0 N–H and O–H groups in total. The fourth-order valence-electron chi connectivity index (χ4n) is 2.91. The van der Waals surface area contributed by atoms with E-state index in [9.17, 15) is 4.79 Å². The Balaban J connectivity index is 1.86. The van der Waals surface area contributed by atoms with Crippen molar-refractivity contribution in [1.82, 2.24) is 5.01 Å². The van der Waals surface area contributed by atoms with E-state index in [2.05, 4.69) is 20.5 Å². The molecule has 0 radical (unpaired) electrons. The molecule has 112 valence electrons. The summed E-state index contributed by atoms with van der Waals surface area (Å²) < 4.78 is 5.16. The van der Waals surface area contributed by atoms with Crippen LogP contribution >= 0.6 is 0 Å². The summed E-state index contributed by atoms with van der Waals surface area (Å²) >= 11 is 0. The molecule has 1 aromatic carbocycles. The van der Waals surface area contributed by atoms with Gasteiger partial charge in [-0.3, -0.25) is 0 Å². The Morgan fingerprint density at radius 2 is 2.23 bits per heavy atom. The Labute approximate surface area is 126 Å². The molecular formula is C14H13N5O3. The number of ether oxygens (including phenoxy) is 1. The summed E-state index contributed by atoms with van der Waals surface area (Å²) in [6.07, 6.45) is 1.41. The van der Waals surface area contributed by atoms with Crippen molar-refractivity contribution in [2.24, 2.45) is 20.5 Å². The second-order valence-electron chi connectivity index (χ2n) is 5.05. The Kier molecular flexibility index (Phi) is 2.56. The number of hydrogen-bond donors (Lipinski definition) is 0. The van der Waals surface area contributed by atoms with Crippen molar-refractivity contribution in [2.75, 3.05) is 13.3 Å². The molecule has 0 aromatic heterocycles. The highest BCUT2D eigenvalue weighted by Gasteiger charge is 2.75. The van der Waals surface area contributed by atoms with Gasteiger partial charge < -0.3 is 9.57 Å². The van der Waals surface area contributed by atoms with Gasteiger partial charge in [0.1, 0.15) is 5.71 Å². The van der Waals surface area contributed by atoms with Crippen molar-refractivity contribution in [3.63, 3.8) is 0 Å². The van der Waals surface area contributed by atoms with Crippen LogP contribution in [-0.2, 0) is 14.4 Å². The van der Waals surface area contributed by atoms with Crippen molar-refractivity contribution in [3.05, 3.63) is 35.9 Å². The number of hydrazone groups is 1. The highest BCUT2D eigenvalue weighted by atomic mass is 16.7. The Hall–Kier alpha value is -2.77. The molecule has 1 spiro atoms. The predicted molar refractivity (Wildman–Crippen MR) is 76.2 cm³/mol. The molecule has 3 aliphatic heterocycles. The Morgan fingerprint density at radius 3 is 3.00 bits per heavy atom. The molecule has 3 heterocycles. The van der Waals surface area contributed by atoms with Crippen LogP contribution in [-0.4, -0.2) is 47.4 Å². The molecule has 0 aliphatic carbocycles. The maximum Gasteiger partial charge on any atom is 0.364 e. The van der Waals surface area contributed by atoms with Gasteiger partial charge in [-0.05, 0) is 6.92 Å². The fourth-order valence-corrected chi connectivity index (χ4v) is 2.91. The molecule has 1 aromatic rings. The van der Waals surface area contributed by atoms with E-state index in [1.54, 1.807) is 11.9 Å². The first kappa shape index (κ1) is 12.9. The summed E-state index contributed by atoms with van der Waals surface area (Å²) in [6.45, 7) is 2.20. The van der Waals surface area contributed by atoms with E-state index in [1.165, 1.54) is 6.21 Å². The van der Waals surface area contributed by atoms with E-state index >= 15 is 0 Å². The molecule has 8 heteroatoms. The molecule has 0 fully saturated rings. The first-order chi connectivity index (χ1) is 10.7. The normalized spacial score (nSPS) is 30.8. The first-order valence-electron chi connectivity index (χ1n) is 6.95. The molecule has 2 atom stereocenters. The maximum atomic E-state index is 12.5. The lowest BCUT2D eigenvalue weighted by Crippen LogP contribution is -2.63. The third-order valence-electron chi connectivity index (χ3n) is 3.92. The van der Waals surface area contributed by atoms with E-state index in [-0.39, 0.29) is 13.3 Å². The van der Waals surface area contributed by atoms with Crippen molar-refractivity contribution in [1.29, 1.82) is 0 Å². The Morgan fingerprint density at radius 1 is 1.41 bits per heavy atom. The lowest BCUT2D eigenvalue weighted by Gasteiger charge is -2.31. The summed E-state index contributed by atoms with van der Waals surface area (Å²) in [5.41, 5.74) is -1.45. The minimum absolute atomic E-state index is 0.228. The molecule has 0 bridgehead atoms. The molecule has 0 amide bonds. The average molecular weight is 299 g/mol. The van der Waals surface area contributed by atoms with Gasteiger partial charge in [-0.2, -0.15) is 10.2 Å². The van der Waals surface area contributed by atoms with Crippen LogP contribution in [0.25, 0.3) is 0 Å². The smallest absolute Gasteiger partial charge is 0.364 e. The van der Waals surface area contributed by atoms with E-state index in [4.69, 9.17) is 9.57 Å². The minimum atomic E-state index is -1.52. The van der Waals surface area contributed by atoms with Crippen LogP contribution in [0.4, 0.5) is 0 Å². The number of carbonyl (C=O) groups excluding carboxylic acids is 1. The zero-order chi connectivity index (χ0) is 15.2. The van der Waals surface area contributed by atoms with Gasteiger partial charge in [-0.25, -0.2) is 9.80 Å². The van der Waals surface area contributed by atoms with Gasteiger partial charge in [0, 0.05) is 5.56 Å². The molecular weight excluding hydrogens is 286 g/mol. The number of rotatable bonds is 3. The van der Waals surface area contributed by atoms with E-state index < -0.39 is 17.2 Å². The number of carbonyl (C=O) groups is 1. The van der Waals surface area contributed by atoms with E-state index in [0.29, 0.717) is 5.71 Å². The van der Waals surface area contributed by atoms with Gasteiger partial charge in [0.05, 0.1) is 12.8 Å². The van der Waals surface area contributed by atoms with Gasteiger partial charge in [-0.15, -0.1) is 5.11 Å². The standard InChI is InChI=1S/C14H13N5O3/c1-2-21-12(20)13-8-16-19-9-15-18-14(13,19)11(17-22-13)10-6-4-3-5-7-10/h3-8H,2,9H2,1H3/t13-,14+/m0/s1. The van der Waals surface area contributed by atoms with Gasteiger partial charge in [0.2, 0.25) is 0 Å². The van der Waals surface area contributed by atoms with Crippen LogP contribution in [0.3, 0.4) is 0 Å². The van der Waals surface area contributed by atoms with Crippen molar-refractivity contribution in [3.8, 4) is 0 Å². The van der Waals surface area contributed by atoms with Gasteiger partial charge in [-0.1, -0.05) is 35.5 Å². The summed E-state index contributed by atoms with van der Waals surface area (Å²) in [7, 11) is 0. The van der Waals surface area contributed by atoms with Crippen LogP contribution in [0.5, 0.6) is 0 Å². The van der Waals surface area contributed by atoms with Crippen molar-refractivity contribution in [2.45, 2.75) is 18.2 Å². The topological polar surface area (TPSA) is 88.2 Å². The monoisotopic (exact) mass is 299 g/mol. The van der Waals surface area contributed by atoms with E-state index in [0.717, 1.165) is 5.56 Å². The summed E-state index contributed by atoms with van der Waals surface area (Å²) in [6, 6.07) is 9.41. The second kappa shape index (κ2) is 4.36. The zero-order valence-corrected chi connectivity index (χ0v) is 11.8. The quantitative estimate of drug-likeness (QED) is 0.783. The van der Waals surface area contributed by atoms with Crippen molar-refractivity contribution >= 4 is 17.9 Å². The lowest BCUT2D eigenvalue weighted by molar-refractivity contribution is -0.166. The summed E-state index contributed by atoms with van der Waals surface area (Å²) in [4.78, 5) is 18.0. The largest absolute Gasteiger partial charge is 0.463 e. The maximum absolute atomic E-state index is 12.5. The highest BCUT2D eigenvalue weighted by molar-refractivity contribution is 6.18. The predicted octanol–water partition coefficient (Wildman–Crippen LogP) is 1.14. The summed E-state index contributed by atoms with van der Waals surface area (Å²) in [5.74, 6) is -0.572. The third-order valence-corrected chi connectivity index (χ3v) is 3.92. The average Bonchev–Trinajstić information content (AvgIpc) is 3.17. The van der Waals surface area contributed by atoms with Crippen LogP contribution in [0.15, 0.2) is 50.8 Å². The third kappa shape index (κ3) is 1.34. The number of hydrogen-bond acceptors (Lipinski definition) is 8. The number of benzene rings is 1. The minimum Gasteiger partial charge on any atom is -0.463 e. The summed E-state index contributed by atoms with van der Waals surface area (Å²) in [5, 5.41) is 18.3. The van der Waals surface area contributed by atoms with Crippen LogP contribution in [0, 0.1) is 0 Å². The second-order valence-corrected chi connectivity index (χ2v) is 5.05. The van der Waals surface area contributed by atoms with Gasteiger partial charge in [0.25, 0.3) is 5.66 Å². The molecule has 3 aliphatic rings. The molecule has 22 heavy (non-hydrogen) atoms. The van der Waals surface area contributed by atoms with Crippen molar-refractivity contribution < 1.29 is 14.4 Å². The number of esters is 1. The number of azo groups is 1. The molecule has 0 saturated carbocycles. The van der Waals surface area contributed by atoms with Crippen LogP contribution in [0.2, 0.25) is 0 Å². The van der Waals surface area contributed by atoms with E-state index in [1.807, 2.05) is 30.3 Å². The highest BCUT2D eigenvalue weighted by Crippen LogP contribution is 2.48. The van der Waals surface area contributed by atoms with Gasteiger partial charge in [0.15, 0.2) is 6.67 Å². The number of oxime groups is 1. The molecule has 4 rings (SSSR count).